The van der Waals surface area contributed by atoms with Crippen LogP contribution in [0.5, 0.6) is 0 Å². The highest BCUT2D eigenvalue weighted by Crippen LogP contribution is 2.07. The summed E-state index contributed by atoms with van der Waals surface area (Å²) in [5.74, 6) is 0.0382. The quantitative estimate of drug-likeness (QED) is 0.681. The van der Waals surface area contributed by atoms with Crippen molar-refractivity contribution in [2.45, 2.75) is 0 Å². The molecule has 4 heteroatoms. The summed E-state index contributed by atoms with van der Waals surface area (Å²) in [5.41, 5.74) is 0. The van der Waals surface area contributed by atoms with E-state index in [-0.39, 0.29) is 5.91 Å². The maximum atomic E-state index is 11.4. The van der Waals surface area contributed by atoms with Gasteiger partial charge < -0.3 is 10.2 Å². The minimum Gasteiger partial charge on any atom is -0.346 e. The van der Waals surface area contributed by atoms with Crippen molar-refractivity contribution in [3.05, 3.63) is 22.4 Å². The molecule has 0 saturated carbocycles. The SMILES string of the molecule is C[NH+](C)CCNC(=O)c1cccs1. The molecule has 3 nitrogen and oxygen atoms in total. The van der Waals surface area contributed by atoms with E-state index < -0.39 is 0 Å². The number of quaternary nitrogens is 1. The average molecular weight is 199 g/mol. The molecule has 0 fully saturated rings. The van der Waals surface area contributed by atoms with Crippen molar-refractivity contribution in [1.29, 1.82) is 0 Å². The zero-order valence-corrected chi connectivity index (χ0v) is 8.78. The second-order valence-electron chi connectivity index (χ2n) is 3.19. The van der Waals surface area contributed by atoms with Crippen LogP contribution in [-0.2, 0) is 0 Å². The fourth-order valence-corrected chi connectivity index (χ4v) is 1.56. The maximum absolute atomic E-state index is 11.4. The van der Waals surface area contributed by atoms with E-state index in [4.69, 9.17) is 0 Å². The summed E-state index contributed by atoms with van der Waals surface area (Å²) in [7, 11) is 4.13. The Morgan fingerprint density at radius 3 is 2.92 bits per heavy atom. The number of carbonyl (C=O) groups is 1. The summed E-state index contributed by atoms with van der Waals surface area (Å²) < 4.78 is 0. The van der Waals surface area contributed by atoms with E-state index in [1.807, 2.05) is 17.5 Å². The summed E-state index contributed by atoms with van der Waals surface area (Å²) in [6.07, 6.45) is 0. The van der Waals surface area contributed by atoms with Crippen LogP contribution in [0.2, 0.25) is 0 Å². The van der Waals surface area contributed by atoms with Gasteiger partial charge in [-0.2, -0.15) is 0 Å². The Morgan fingerprint density at radius 1 is 1.62 bits per heavy atom. The van der Waals surface area contributed by atoms with E-state index in [9.17, 15) is 4.79 Å². The van der Waals surface area contributed by atoms with Crippen molar-refractivity contribution in [3.8, 4) is 0 Å². The lowest BCUT2D eigenvalue weighted by Crippen LogP contribution is -3.06. The number of rotatable bonds is 4. The lowest BCUT2D eigenvalue weighted by Gasteiger charge is -2.07. The van der Waals surface area contributed by atoms with E-state index in [1.54, 1.807) is 0 Å². The summed E-state index contributed by atoms with van der Waals surface area (Å²) in [6.45, 7) is 1.69. The van der Waals surface area contributed by atoms with Gasteiger partial charge in [0.05, 0.1) is 32.1 Å². The van der Waals surface area contributed by atoms with E-state index in [1.165, 1.54) is 16.2 Å². The molecule has 1 rings (SSSR count). The Kier molecular flexibility index (Phi) is 3.92. The first-order chi connectivity index (χ1) is 6.20. The number of likely N-dealkylation sites (N-methyl/N-ethyl adjacent to an activating group) is 1. The normalized spacial score (nSPS) is 10.4. The second kappa shape index (κ2) is 4.99. The highest BCUT2D eigenvalue weighted by atomic mass is 32.1. The molecular weight excluding hydrogens is 184 g/mol. The van der Waals surface area contributed by atoms with Gasteiger partial charge in [-0.05, 0) is 11.4 Å². The Labute approximate surface area is 82.4 Å². The molecule has 0 aromatic carbocycles. The summed E-state index contributed by atoms with van der Waals surface area (Å²) in [4.78, 5) is 13.5. The lowest BCUT2D eigenvalue weighted by atomic mass is 10.4. The van der Waals surface area contributed by atoms with Gasteiger partial charge in [0.15, 0.2) is 0 Å². The van der Waals surface area contributed by atoms with Gasteiger partial charge in [-0.15, -0.1) is 11.3 Å². The van der Waals surface area contributed by atoms with Crippen LogP contribution in [0.15, 0.2) is 17.5 Å². The zero-order valence-electron chi connectivity index (χ0n) is 7.96. The monoisotopic (exact) mass is 199 g/mol. The van der Waals surface area contributed by atoms with Crippen molar-refractivity contribution >= 4 is 17.2 Å². The maximum Gasteiger partial charge on any atom is 0.261 e. The molecule has 1 amide bonds. The number of hydrogen-bond donors (Lipinski definition) is 2. The minimum absolute atomic E-state index is 0.0382. The van der Waals surface area contributed by atoms with Crippen LogP contribution in [0.3, 0.4) is 0 Å². The molecule has 1 heterocycles. The molecule has 0 spiro atoms. The van der Waals surface area contributed by atoms with Crippen LogP contribution in [0.1, 0.15) is 9.67 Å². The van der Waals surface area contributed by atoms with Gasteiger partial charge in [-0.25, -0.2) is 0 Å². The van der Waals surface area contributed by atoms with Crippen molar-refractivity contribution < 1.29 is 9.69 Å². The molecule has 2 N–H and O–H groups in total. The highest BCUT2D eigenvalue weighted by molar-refractivity contribution is 7.12. The standard InChI is InChI=1S/C9H14N2OS/c1-11(2)6-5-10-9(12)8-4-3-7-13-8/h3-4,7H,5-6H2,1-2H3,(H,10,12)/p+1. The smallest absolute Gasteiger partial charge is 0.261 e. The molecule has 13 heavy (non-hydrogen) atoms. The van der Waals surface area contributed by atoms with Crippen LogP contribution < -0.4 is 10.2 Å². The van der Waals surface area contributed by atoms with Crippen molar-refractivity contribution in [2.24, 2.45) is 0 Å². The molecule has 0 radical (unpaired) electrons. The number of hydrogen-bond acceptors (Lipinski definition) is 2. The molecular formula is C9H15N2OS+. The molecule has 1 aromatic rings. The van der Waals surface area contributed by atoms with Crippen LogP contribution in [-0.4, -0.2) is 33.1 Å². The first kappa shape index (κ1) is 10.2. The van der Waals surface area contributed by atoms with E-state index in [2.05, 4.69) is 19.4 Å². The number of amides is 1. The third kappa shape index (κ3) is 3.57. The van der Waals surface area contributed by atoms with Crippen LogP contribution in [0, 0.1) is 0 Å². The first-order valence-corrected chi connectivity index (χ1v) is 5.19. The van der Waals surface area contributed by atoms with Crippen LogP contribution in [0.25, 0.3) is 0 Å². The summed E-state index contributed by atoms with van der Waals surface area (Å²) in [5, 5.41) is 4.78. The topological polar surface area (TPSA) is 33.5 Å². The average Bonchev–Trinajstić information content (AvgIpc) is 2.55. The van der Waals surface area contributed by atoms with Crippen LogP contribution in [0.4, 0.5) is 0 Å². The third-order valence-corrected chi connectivity index (χ3v) is 2.52. The highest BCUT2D eigenvalue weighted by Gasteiger charge is 2.05. The molecule has 0 bridgehead atoms. The Bertz CT molecular complexity index is 257. The van der Waals surface area contributed by atoms with E-state index in [0.717, 1.165) is 18.0 Å². The second-order valence-corrected chi connectivity index (χ2v) is 4.14. The minimum atomic E-state index is 0.0382. The summed E-state index contributed by atoms with van der Waals surface area (Å²) in [6, 6.07) is 3.72. The molecule has 0 unspecified atom stereocenters. The number of thiophene rings is 1. The molecule has 0 aliphatic heterocycles. The van der Waals surface area contributed by atoms with E-state index in [0.29, 0.717) is 0 Å². The summed E-state index contributed by atoms with van der Waals surface area (Å²) >= 11 is 1.47. The van der Waals surface area contributed by atoms with E-state index >= 15 is 0 Å². The number of carbonyl (C=O) groups excluding carboxylic acids is 1. The number of nitrogens with one attached hydrogen (secondary N) is 2. The molecule has 72 valence electrons. The Hall–Kier alpha value is -0.870. The predicted molar refractivity (Wildman–Crippen MR) is 54.3 cm³/mol. The van der Waals surface area contributed by atoms with Gasteiger partial charge in [0.1, 0.15) is 0 Å². The van der Waals surface area contributed by atoms with Crippen molar-refractivity contribution in [3.63, 3.8) is 0 Å². The third-order valence-electron chi connectivity index (χ3n) is 1.66. The van der Waals surface area contributed by atoms with Gasteiger partial charge in [0.2, 0.25) is 0 Å². The van der Waals surface area contributed by atoms with Crippen molar-refractivity contribution in [1.82, 2.24) is 5.32 Å². The van der Waals surface area contributed by atoms with Gasteiger partial charge >= 0.3 is 0 Å². The van der Waals surface area contributed by atoms with Gasteiger partial charge in [-0.1, -0.05) is 6.07 Å². The Balaban J connectivity index is 2.27. The molecule has 0 saturated heterocycles. The predicted octanol–water partition coefficient (Wildman–Crippen LogP) is -0.378. The fraction of sp³-hybridized carbons (Fsp3) is 0.444. The zero-order chi connectivity index (χ0) is 9.68. The Morgan fingerprint density at radius 2 is 2.38 bits per heavy atom. The van der Waals surface area contributed by atoms with Crippen molar-refractivity contribution in [2.75, 3.05) is 27.2 Å². The lowest BCUT2D eigenvalue weighted by molar-refractivity contribution is -0.856. The molecule has 0 aliphatic carbocycles. The molecule has 0 atom stereocenters. The molecule has 1 aromatic heterocycles. The fourth-order valence-electron chi connectivity index (χ4n) is 0.921. The van der Waals surface area contributed by atoms with Crippen LogP contribution >= 0.6 is 11.3 Å². The van der Waals surface area contributed by atoms with Gasteiger partial charge in [-0.3, -0.25) is 4.79 Å². The first-order valence-electron chi connectivity index (χ1n) is 4.31. The van der Waals surface area contributed by atoms with Gasteiger partial charge in [0, 0.05) is 0 Å². The molecule has 0 aliphatic rings. The largest absolute Gasteiger partial charge is 0.346 e. The van der Waals surface area contributed by atoms with Gasteiger partial charge in [0.25, 0.3) is 5.91 Å².